The van der Waals surface area contributed by atoms with Crippen LogP contribution in [0.25, 0.3) is 11.2 Å². The molecule has 2 aromatic rings. The Hall–Kier alpha value is -1.33. The van der Waals surface area contributed by atoms with E-state index in [1.54, 1.807) is 18.4 Å². The second kappa shape index (κ2) is 10.1. The van der Waals surface area contributed by atoms with Crippen molar-refractivity contribution in [3.63, 3.8) is 0 Å². The first-order valence-electron chi connectivity index (χ1n) is 14.5. The monoisotopic (exact) mass is 597 g/mol. The third-order valence-corrected chi connectivity index (χ3v) is 11.6. The fraction of sp³-hybridized carbons (Fsp3) is 0.815. The van der Waals surface area contributed by atoms with E-state index < -0.39 is 32.1 Å². The van der Waals surface area contributed by atoms with Crippen molar-refractivity contribution in [2.45, 2.75) is 103 Å². The molecule has 4 aliphatic carbocycles. The average molecular weight is 598 g/mol. The summed E-state index contributed by atoms with van der Waals surface area (Å²) >= 11 is 6.44. The van der Waals surface area contributed by atoms with E-state index in [-0.39, 0.29) is 36.6 Å². The third kappa shape index (κ3) is 5.10. The number of imidazole rings is 1. The molecule has 4 bridgehead atoms. The smallest absolute Gasteiger partial charge is 0.330 e. The van der Waals surface area contributed by atoms with Crippen LogP contribution in [0.5, 0.6) is 0 Å². The number of hydrogen-bond donors (Lipinski definition) is 3. The van der Waals surface area contributed by atoms with Gasteiger partial charge in [-0.3, -0.25) is 9.13 Å². The van der Waals surface area contributed by atoms with Gasteiger partial charge in [0.25, 0.3) is 0 Å². The van der Waals surface area contributed by atoms with Crippen LogP contribution in [0, 0.1) is 16.7 Å². The van der Waals surface area contributed by atoms with E-state index in [2.05, 4.69) is 34.1 Å². The molecule has 1 aliphatic heterocycles. The van der Waals surface area contributed by atoms with Crippen LogP contribution >= 0.6 is 19.2 Å². The molecule has 0 radical (unpaired) electrons. The Labute approximate surface area is 239 Å². The number of aliphatic hydroxyl groups excluding tert-OH is 2. The zero-order valence-corrected chi connectivity index (χ0v) is 25.3. The number of nitrogens with zero attached hydrogens (tertiary/aromatic N) is 4. The van der Waals surface area contributed by atoms with Crippen LogP contribution in [0.4, 0.5) is 5.82 Å². The fourth-order valence-electron chi connectivity index (χ4n) is 9.04. The summed E-state index contributed by atoms with van der Waals surface area (Å²) in [5, 5.41) is 25.6. The lowest BCUT2D eigenvalue weighted by Gasteiger charge is -2.65. The molecule has 3 N–H and O–H groups in total. The van der Waals surface area contributed by atoms with E-state index in [0.717, 1.165) is 19.3 Å². The number of anilines is 1. The highest BCUT2D eigenvalue weighted by Gasteiger charge is 2.60. The second-order valence-corrected chi connectivity index (χ2v) is 15.7. The number of fused-ring (bicyclic) bond motifs is 1. The lowest BCUT2D eigenvalue weighted by atomic mass is 9.43. The van der Waals surface area contributed by atoms with Gasteiger partial charge >= 0.3 is 7.60 Å². The van der Waals surface area contributed by atoms with E-state index in [1.165, 1.54) is 25.6 Å². The molecule has 2 unspecified atom stereocenters. The van der Waals surface area contributed by atoms with Crippen molar-refractivity contribution < 1.29 is 28.6 Å². The first-order chi connectivity index (χ1) is 18.9. The first-order valence-corrected chi connectivity index (χ1v) is 16.6. The Kier molecular flexibility index (Phi) is 7.30. The zero-order valence-electron chi connectivity index (χ0n) is 23.7. The van der Waals surface area contributed by atoms with Crippen LogP contribution in [-0.4, -0.2) is 73.0 Å². The lowest BCUT2D eigenvalue weighted by molar-refractivity contribution is -0.0973. The molecule has 0 spiro atoms. The van der Waals surface area contributed by atoms with Crippen LogP contribution in [0.2, 0.25) is 5.28 Å². The number of aliphatic hydroxyl groups is 2. The number of hydrogen-bond acceptors (Lipinski definition) is 10. The molecule has 13 heteroatoms. The molecular weight excluding hydrogens is 557 g/mol. The largest absolute Gasteiger partial charge is 0.388 e. The molecule has 0 aromatic carbocycles. The van der Waals surface area contributed by atoms with Crippen LogP contribution in [-0.2, 0) is 18.3 Å². The Balaban J connectivity index is 1.25. The summed E-state index contributed by atoms with van der Waals surface area (Å²) in [5.74, 6) is 1.28. The van der Waals surface area contributed by atoms with Gasteiger partial charge in [0, 0.05) is 5.54 Å². The van der Waals surface area contributed by atoms with Gasteiger partial charge in [0.2, 0.25) is 5.28 Å². The van der Waals surface area contributed by atoms with Crippen LogP contribution < -0.4 is 5.32 Å². The molecular formula is C27H41ClN5O6P. The second-order valence-electron chi connectivity index (χ2n) is 13.2. The highest BCUT2D eigenvalue weighted by molar-refractivity contribution is 7.53. The summed E-state index contributed by atoms with van der Waals surface area (Å²) < 4.78 is 31.3. The van der Waals surface area contributed by atoms with Gasteiger partial charge in [0.15, 0.2) is 23.2 Å². The van der Waals surface area contributed by atoms with Gasteiger partial charge in [-0.1, -0.05) is 13.8 Å². The molecule has 7 rings (SSSR count). The molecule has 4 saturated carbocycles. The number of rotatable bonds is 10. The summed E-state index contributed by atoms with van der Waals surface area (Å²) in [6.07, 6.45) is 4.68. The maximum atomic E-state index is 12.9. The van der Waals surface area contributed by atoms with Gasteiger partial charge in [-0.05, 0) is 87.1 Å². The molecule has 2 aromatic heterocycles. The zero-order chi connectivity index (χ0) is 28.5. The van der Waals surface area contributed by atoms with E-state index in [0.29, 0.717) is 33.7 Å². The van der Waals surface area contributed by atoms with Gasteiger partial charge in [0.1, 0.15) is 12.2 Å². The third-order valence-electron chi connectivity index (χ3n) is 9.35. The van der Waals surface area contributed by atoms with Crippen molar-refractivity contribution in [3.05, 3.63) is 11.6 Å². The topological polar surface area (TPSA) is 141 Å². The number of halogens is 1. The normalized spacial score (nSPS) is 38.9. The van der Waals surface area contributed by atoms with Gasteiger partial charge < -0.3 is 29.3 Å². The highest BCUT2D eigenvalue weighted by Crippen LogP contribution is 2.67. The van der Waals surface area contributed by atoms with Crippen molar-refractivity contribution in [3.8, 4) is 0 Å². The van der Waals surface area contributed by atoms with E-state index in [1.807, 2.05) is 0 Å². The molecule has 0 amide bonds. The number of ether oxygens (including phenoxy) is 1. The minimum atomic E-state index is -3.33. The van der Waals surface area contributed by atoms with E-state index >= 15 is 0 Å². The average Bonchev–Trinajstić information content (AvgIpc) is 3.36. The lowest BCUT2D eigenvalue weighted by Crippen LogP contribution is -2.61. The van der Waals surface area contributed by atoms with Crippen molar-refractivity contribution in [1.29, 1.82) is 0 Å². The molecule has 1 saturated heterocycles. The maximum absolute atomic E-state index is 12.9. The van der Waals surface area contributed by atoms with Crippen LogP contribution in [0.1, 0.15) is 78.9 Å². The molecule has 5 aliphatic rings. The molecule has 222 valence electrons. The van der Waals surface area contributed by atoms with Gasteiger partial charge in [-0.2, -0.15) is 9.97 Å². The van der Waals surface area contributed by atoms with Crippen molar-refractivity contribution >= 4 is 36.2 Å². The minimum Gasteiger partial charge on any atom is -0.388 e. The predicted octanol–water partition coefficient (Wildman–Crippen LogP) is 4.92. The highest BCUT2D eigenvalue weighted by atomic mass is 35.5. The first kappa shape index (κ1) is 28.8. The Morgan fingerprint density at radius 2 is 1.77 bits per heavy atom. The summed E-state index contributed by atoms with van der Waals surface area (Å²) in [5.41, 5.74) is 1.52. The summed E-state index contributed by atoms with van der Waals surface area (Å²) in [6.45, 7) is 8.83. The molecule has 5 fully saturated rings. The van der Waals surface area contributed by atoms with Crippen LogP contribution in [0.15, 0.2) is 6.33 Å². The summed E-state index contributed by atoms with van der Waals surface area (Å²) in [4.78, 5) is 13.6. The predicted molar refractivity (Wildman–Crippen MR) is 150 cm³/mol. The van der Waals surface area contributed by atoms with Gasteiger partial charge in [-0.25, -0.2) is 4.98 Å². The summed E-state index contributed by atoms with van der Waals surface area (Å²) in [7, 11) is -3.33. The van der Waals surface area contributed by atoms with Gasteiger partial charge in [0.05, 0.1) is 31.8 Å². The summed E-state index contributed by atoms with van der Waals surface area (Å²) in [6, 6.07) is 0. The SMILES string of the molecule is CCOP(=O)(CC[C@H]1O[C@@H](n2cnc3c(NC45CC6C[C@@](C)(C4)C[C@](C)(C6)C5)nc(Cl)nc32)[C@H](O)[C@@H]1O)OCC. The molecule has 8 atom stereocenters. The number of aromatic nitrogens is 4. The van der Waals surface area contributed by atoms with Crippen LogP contribution in [0.3, 0.4) is 0 Å². The fourth-order valence-corrected chi connectivity index (χ4v) is 10.9. The maximum Gasteiger partial charge on any atom is 0.330 e. The van der Waals surface area contributed by atoms with E-state index in [9.17, 15) is 14.8 Å². The minimum absolute atomic E-state index is 0.0590. The van der Waals surface area contributed by atoms with E-state index in [4.69, 9.17) is 25.4 Å². The standard InChI is InChI=1S/C27H41ClN5O6P/c1-5-37-40(36,38-6-2)8-7-17-19(34)20(35)23(39-17)33-15-29-18-21(30-24(28)31-22(18)33)32-27-11-16-9-25(3,13-27)12-26(4,10-16)14-27/h15-17,19-20,23,34-35H,5-14H2,1-4H3,(H,30,31,32)/t16?,17-,19-,20-,23-,25-,26+,27?/m1/s1. The Bertz CT molecular complexity index is 1300. The molecule has 40 heavy (non-hydrogen) atoms. The van der Waals surface area contributed by atoms with Crippen molar-refractivity contribution in [1.82, 2.24) is 19.5 Å². The Morgan fingerprint density at radius 3 is 2.40 bits per heavy atom. The van der Waals surface area contributed by atoms with Gasteiger partial charge in [-0.15, -0.1) is 0 Å². The van der Waals surface area contributed by atoms with Crippen molar-refractivity contribution in [2.75, 3.05) is 24.7 Å². The van der Waals surface area contributed by atoms with Crippen molar-refractivity contribution in [2.24, 2.45) is 16.7 Å². The Morgan fingerprint density at radius 1 is 1.10 bits per heavy atom. The molecule has 3 heterocycles. The molecule has 11 nitrogen and oxygen atoms in total. The number of nitrogens with one attached hydrogen (secondary N) is 1. The quantitative estimate of drug-likeness (QED) is 0.255.